The first-order chi connectivity index (χ1) is 9.15. The van der Waals surface area contributed by atoms with Crippen LogP contribution in [0, 0.1) is 12.3 Å². The van der Waals surface area contributed by atoms with Crippen LogP contribution in [0.5, 0.6) is 5.75 Å². The van der Waals surface area contributed by atoms with Crippen molar-refractivity contribution in [3.05, 3.63) is 42.0 Å². The third-order valence-electron chi connectivity index (χ3n) is 3.02. The zero-order valence-electron chi connectivity index (χ0n) is 10.7. The summed E-state index contributed by atoms with van der Waals surface area (Å²) in [6, 6.07) is 10.5. The summed E-state index contributed by atoms with van der Waals surface area (Å²) in [6.45, 7) is 1.89. The van der Waals surface area contributed by atoms with E-state index in [2.05, 4.69) is 11.2 Å². The zero-order chi connectivity index (χ0) is 13.8. The van der Waals surface area contributed by atoms with Crippen LogP contribution >= 0.6 is 0 Å². The molecule has 2 aromatic carbocycles. The summed E-state index contributed by atoms with van der Waals surface area (Å²) in [5.74, 6) is 2.10. The summed E-state index contributed by atoms with van der Waals surface area (Å²) >= 11 is 0. The van der Waals surface area contributed by atoms with Gasteiger partial charge in [-0.2, -0.15) is 0 Å². The van der Waals surface area contributed by atoms with Crippen LogP contribution in [0.15, 0.2) is 36.4 Å². The van der Waals surface area contributed by atoms with Gasteiger partial charge in [-0.3, -0.25) is 4.79 Å². The SMILES string of the molecule is C#CC(CC)NC(=O)c1cc2ccccc2cc1O. The van der Waals surface area contributed by atoms with Crippen molar-refractivity contribution in [2.75, 3.05) is 0 Å². The number of benzene rings is 2. The number of terminal acetylenes is 1. The van der Waals surface area contributed by atoms with Gasteiger partial charge in [-0.1, -0.05) is 37.1 Å². The van der Waals surface area contributed by atoms with Gasteiger partial charge < -0.3 is 10.4 Å². The number of carbonyl (C=O) groups is 1. The normalized spacial score (nSPS) is 11.8. The topological polar surface area (TPSA) is 49.3 Å². The van der Waals surface area contributed by atoms with Crippen LogP contribution in [-0.2, 0) is 0 Å². The molecule has 1 amide bonds. The molecule has 0 aromatic heterocycles. The lowest BCUT2D eigenvalue weighted by atomic mass is 10.0. The number of hydrogen-bond acceptors (Lipinski definition) is 2. The number of hydrogen-bond donors (Lipinski definition) is 2. The summed E-state index contributed by atoms with van der Waals surface area (Å²) in [5, 5.41) is 14.4. The second kappa shape index (κ2) is 5.45. The Hall–Kier alpha value is -2.47. The number of carbonyl (C=O) groups excluding carboxylic acids is 1. The number of nitrogens with one attached hydrogen (secondary N) is 1. The summed E-state index contributed by atoms with van der Waals surface area (Å²) in [7, 11) is 0. The van der Waals surface area contributed by atoms with Crippen LogP contribution in [0.2, 0.25) is 0 Å². The van der Waals surface area contributed by atoms with Crippen LogP contribution in [0.4, 0.5) is 0 Å². The number of phenols is 1. The first-order valence-electron chi connectivity index (χ1n) is 6.14. The van der Waals surface area contributed by atoms with Gasteiger partial charge >= 0.3 is 0 Å². The second-order valence-electron chi connectivity index (χ2n) is 4.32. The molecule has 0 fully saturated rings. The molecule has 0 heterocycles. The largest absolute Gasteiger partial charge is 0.507 e. The Morgan fingerprint density at radius 3 is 2.58 bits per heavy atom. The van der Waals surface area contributed by atoms with E-state index in [1.807, 2.05) is 31.2 Å². The highest BCUT2D eigenvalue weighted by atomic mass is 16.3. The molecule has 3 nitrogen and oxygen atoms in total. The maximum absolute atomic E-state index is 12.1. The molecule has 96 valence electrons. The zero-order valence-corrected chi connectivity index (χ0v) is 10.7. The third kappa shape index (κ3) is 2.69. The highest BCUT2D eigenvalue weighted by Crippen LogP contribution is 2.24. The molecule has 0 saturated heterocycles. The molecule has 2 N–H and O–H groups in total. The molecule has 0 aliphatic heterocycles. The quantitative estimate of drug-likeness (QED) is 0.826. The molecule has 3 heteroatoms. The van der Waals surface area contributed by atoms with E-state index in [0.717, 1.165) is 10.8 Å². The minimum absolute atomic E-state index is 0.0388. The Kier molecular flexibility index (Phi) is 3.72. The standard InChI is InChI=1S/C16H15NO2/c1-3-13(4-2)17-16(19)14-9-11-7-5-6-8-12(11)10-15(14)18/h1,5-10,13,18H,4H2,2H3,(H,17,19). The maximum Gasteiger partial charge on any atom is 0.256 e. The van der Waals surface area contributed by atoms with Crippen molar-refractivity contribution < 1.29 is 9.90 Å². The van der Waals surface area contributed by atoms with Crippen molar-refractivity contribution in [3.63, 3.8) is 0 Å². The van der Waals surface area contributed by atoms with Crippen molar-refractivity contribution in [1.29, 1.82) is 0 Å². The summed E-state index contributed by atoms with van der Waals surface area (Å²) < 4.78 is 0. The Labute approximate surface area is 112 Å². The van der Waals surface area contributed by atoms with Crippen molar-refractivity contribution in [3.8, 4) is 18.1 Å². The van der Waals surface area contributed by atoms with E-state index in [1.165, 1.54) is 0 Å². The molecule has 0 aliphatic carbocycles. The molecule has 2 aromatic rings. The first-order valence-corrected chi connectivity index (χ1v) is 6.14. The molecule has 0 radical (unpaired) electrons. The monoisotopic (exact) mass is 253 g/mol. The minimum atomic E-state index is -0.354. The van der Waals surface area contributed by atoms with Gasteiger partial charge in [-0.25, -0.2) is 0 Å². The van der Waals surface area contributed by atoms with Crippen LogP contribution in [-0.4, -0.2) is 17.1 Å². The second-order valence-corrected chi connectivity index (χ2v) is 4.32. The summed E-state index contributed by atoms with van der Waals surface area (Å²) in [4.78, 5) is 12.1. The van der Waals surface area contributed by atoms with E-state index in [9.17, 15) is 9.90 Å². The molecule has 0 saturated carbocycles. The van der Waals surface area contributed by atoms with E-state index in [-0.39, 0.29) is 23.3 Å². The fraction of sp³-hybridized carbons (Fsp3) is 0.188. The fourth-order valence-electron chi connectivity index (χ4n) is 1.91. The maximum atomic E-state index is 12.1. The molecular weight excluding hydrogens is 238 g/mol. The number of phenolic OH excluding ortho intramolecular Hbond substituents is 1. The van der Waals surface area contributed by atoms with Crippen LogP contribution in [0.3, 0.4) is 0 Å². The van der Waals surface area contributed by atoms with Crippen LogP contribution in [0.1, 0.15) is 23.7 Å². The Balaban J connectivity index is 2.37. The highest BCUT2D eigenvalue weighted by molar-refractivity contribution is 6.01. The molecule has 19 heavy (non-hydrogen) atoms. The van der Waals surface area contributed by atoms with Gasteiger partial charge in [-0.05, 0) is 29.3 Å². The molecule has 0 bridgehead atoms. The number of rotatable bonds is 3. The highest BCUT2D eigenvalue weighted by Gasteiger charge is 2.14. The van der Waals surface area contributed by atoms with Gasteiger partial charge in [0.25, 0.3) is 5.91 Å². The molecule has 1 atom stereocenters. The van der Waals surface area contributed by atoms with Crippen LogP contribution < -0.4 is 5.32 Å². The van der Waals surface area contributed by atoms with E-state index < -0.39 is 0 Å². The molecule has 0 spiro atoms. The Morgan fingerprint density at radius 1 is 1.37 bits per heavy atom. The summed E-state index contributed by atoms with van der Waals surface area (Å²) in [6.07, 6.45) is 5.96. The lowest BCUT2D eigenvalue weighted by Crippen LogP contribution is -2.33. The smallest absolute Gasteiger partial charge is 0.256 e. The lowest BCUT2D eigenvalue weighted by Gasteiger charge is -2.12. The van der Waals surface area contributed by atoms with Crippen molar-refractivity contribution in [2.24, 2.45) is 0 Å². The lowest BCUT2D eigenvalue weighted by molar-refractivity contribution is 0.0942. The van der Waals surface area contributed by atoms with E-state index in [4.69, 9.17) is 6.42 Å². The molecule has 0 aliphatic rings. The van der Waals surface area contributed by atoms with Gasteiger partial charge in [0.1, 0.15) is 5.75 Å². The number of amides is 1. The number of fused-ring (bicyclic) bond motifs is 1. The first kappa shape index (κ1) is 13.0. The fourth-order valence-corrected chi connectivity index (χ4v) is 1.91. The summed E-state index contributed by atoms with van der Waals surface area (Å²) in [5.41, 5.74) is 0.243. The molecule has 1 unspecified atom stereocenters. The van der Waals surface area contributed by atoms with Crippen molar-refractivity contribution in [2.45, 2.75) is 19.4 Å². The minimum Gasteiger partial charge on any atom is -0.507 e. The Bertz CT molecular complexity index is 655. The molecular formula is C16H15NO2. The van der Waals surface area contributed by atoms with E-state index >= 15 is 0 Å². The van der Waals surface area contributed by atoms with Gasteiger partial charge in [0.05, 0.1) is 11.6 Å². The predicted molar refractivity (Wildman–Crippen MR) is 76.0 cm³/mol. The van der Waals surface area contributed by atoms with Gasteiger partial charge in [-0.15, -0.1) is 6.42 Å². The van der Waals surface area contributed by atoms with E-state index in [0.29, 0.717) is 6.42 Å². The van der Waals surface area contributed by atoms with Crippen LogP contribution in [0.25, 0.3) is 10.8 Å². The van der Waals surface area contributed by atoms with E-state index in [1.54, 1.807) is 12.1 Å². The third-order valence-corrected chi connectivity index (χ3v) is 3.02. The van der Waals surface area contributed by atoms with Gasteiger partial charge in [0.15, 0.2) is 0 Å². The Morgan fingerprint density at radius 2 is 2.00 bits per heavy atom. The average molecular weight is 253 g/mol. The number of aromatic hydroxyl groups is 1. The molecule has 2 rings (SSSR count). The average Bonchev–Trinajstić information content (AvgIpc) is 2.43. The van der Waals surface area contributed by atoms with Gasteiger partial charge in [0.2, 0.25) is 0 Å². The van der Waals surface area contributed by atoms with Gasteiger partial charge in [0, 0.05) is 0 Å². The van der Waals surface area contributed by atoms with Crippen molar-refractivity contribution >= 4 is 16.7 Å². The predicted octanol–water partition coefficient (Wildman–Crippen LogP) is 2.69. The van der Waals surface area contributed by atoms with Crippen molar-refractivity contribution in [1.82, 2.24) is 5.32 Å².